The maximum atomic E-state index is 13.9. The number of hydrogen-bond acceptors (Lipinski definition) is 5. The number of benzene rings is 2. The molecule has 1 aliphatic rings. The molecule has 5 nitrogen and oxygen atoms in total. The van der Waals surface area contributed by atoms with Gasteiger partial charge in [0.05, 0.1) is 11.1 Å². The smallest absolute Gasteiger partial charge is 0.267 e. The number of amides is 1. The van der Waals surface area contributed by atoms with Crippen molar-refractivity contribution < 1.29 is 4.79 Å². The van der Waals surface area contributed by atoms with Crippen molar-refractivity contribution in [1.29, 1.82) is 0 Å². The summed E-state index contributed by atoms with van der Waals surface area (Å²) in [5, 5.41) is 0.564. The standard InChI is InChI=1S/C25H23N3O2S2/c1-15-11-13-17(14-12-15)28-24(30)20-18-9-5-6-10-19(18)31-23(20)27-25(28)32-21(22(26)29)16-7-3-2-4-8-16/h2-4,7-8,11-14,21H,5-6,9-10H2,1H3,(H2,26,29). The third-order valence-corrected chi connectivity index (χ3v) is 8.24. The Balaban J connectivity index is 1.73. The molecule has 4 aromatic rings. The van der Waals surface area contributed by atoms with Crippen LogP contribution in [0.3, 0.4) is 0 Å². The first-order valence-corrected chi connectivity index (χ1v) is 12.4. The Morgan fingerprint density at radius 2 is 1.81 bits per heavy atom. The van der Waals surface area contributed by atoms with Crippen LogP contribution < -0.4 is 11.3 Å². The van der Waals surface area contributed by atoms with Crippen LogP contribution in [0.4, 0.5) is 0 Å². The lowest BCUT2D eigenvalue weighted by Gasteiger charge is -2.17. The number of thiophene rings is 1. The second-order valence-corrected chi connectivity index (χ2v) is 10.2. The minimum atomic E-state index is -0.646. The molecule has 5 rings (SSSR count). The van der Waals surface area contributed by atoms with Crippen LogP contribution in [0.2, 0.25) is 0 Å². The van der Waals surface area contributed by atoms with Gasteiger partial charge < -0.3 is 5.73 Å². The number of nitrogens with two attached hydrogens (primary N) is 1. The molecule has 0 bridgehead atoms. The summed E-state index contributed by atoms with van der Waals surface area (Å²) in [4.78, 5) is 33.2. The number of fused-ring (bicyclic) bond motifs is 3. The average molecular weight is 462 g/mol. The molecule has 0 spiro atoms. The van der Waals surface area contributed by atoms with E-state index in [1.54, 1.807) is 15.9 Å². The number of rotatable bonds is 5. The molecule has 1 atom stereocenters. The van der Waals surface area contributed by atoms with Gasteiger partial charge in [0.25, 0.3) is 5.56 Å². The van der Waals surface area contributed by atoms with E-state index in [0.29, 0.717) is 5.16 Å². The molecule has 1 unspecified atom stereocenters. The van der Waals surface area contributed by atoms with E-state index >= 15 is 0 Å². The predicted molar refractivity (Wildman–Crippen MR) is 131 cm³/mol. The van der Waals surface area contributed by atoms with Crippen LogP contribution in [-0.2, 0) is 17.6 Å². The van der Waals surface area contributed by atoms with Gasteiger partial charge in [-0.3, -0.25) is 14.2 Å². The lowest BCUT2D eigenvalue weighted by Crippen LogP contribution is -2.24. The van der Waals surface area contributed by atoms with Crippen LogP contribution in [0, 0.1) is 6.92 Å². The summed E-state index contributed by atoms with van der Waals surface area (Å²) in [6.45, 7) is 2.01. The Morgan fingerprint density at radius 1 is 1.09 bits per heavy atom. The summed E-state index contributed by atoms with van der Waals surface area (Å²) in [7, 11) is 0. The highest BCUT2D eigenvalue weighted by molar-refractivity contribution is 8.00. The van der Waals surface area contributed by atoms with Crippen molar-refractivity contribution in [3.8, 4) is 5.69 Å². The molecule has 2 N–H and O–H groups in total. The summed E-state index contributed by atoms with van der Waals surface area (Å²) >= 11 is 2.85. The summed E-state index contributed by atoms with van der Waals surface area (Å²) in [5.74, 6) is -0.462. The van der Waals surface area contributed by atoms with Crippen molar-refractivity contribution in [1.82, 2.24) is 9.55 Å². The predicted octanol–water partition coefficient (Wildman–Crippen LogP) is 4.95. The second kappa shape index (κ2) is 8.56. The molecule has 2 aromatic carbocycles. The fourth-order valence-corrected chi connectivity index (χ4v) is 6.58. The number of thioether (sulfide) groups is 1. The van der Waals surface area contributed by atoms with E-state index < -0.39 is 11.2 Å². The topological polar surface area (TPSA) is 78.0 Å². The number of carbonyl (C=O) groups excluding carboxylic acids is 1. The largest absolute Gasteiger partial charge is 0.368 e. The Bertz CT molecular complexity index is 1360. The van der Waals surface area contributed by atoms with Crippen molar-refractivity contribution >= 4 is 39.2 Å². The van der Waals surface area contributed by atoms with E-state index in [1.807, 2.05) is 61.5 Å². The van der Waals surface area contributed by atoms with E-state index in [4.69, 9.17) is 10.7 Å². The monoisotopic (exact) mass is 461 g/mol. The van der Waals surface area contributed by atoms with Crippen molar-refractivity contribution in [3.05, 3.63) is 86.5 Å². The molecular weight excluding hydrogens is 438 g/mol. The fraction of sp³-hybridized carbons (Fsp3) is 0.240. The van der Waals surface area contributed by atoms with Gasteiger partial charge in [-0.2, -0.15) is 0 Å². The van der Waals surface area contributed by atoms with E-state index in [0.717, 1.165) is 58.3 Å². The van der Waals surface area contributed by atoms with Crippen molar-refractivity contribution in [2.45, 2.75) is 43.0 Å². The van der Waals surface area contributed by atoms with E-state index in [9.17, 15) is 9.59 Å². The van der Waals surface area contributed by atoms with Gasteiger partial charge in [-0.05, 0) is 55.9 Å². The minimum absolute atomic E-state index is 0.0722. The number of nitrogens with zero attached hydrogens (tertiary/aromatic N) is 2. The van der Waals surface area contributed by atoms with Crippen LogP contribution in [0.5, 0.6) is 0 Å². The SMILES string of the molecule is Cc1ccc(-n2c(SC(C(N)=O)c3ccccc3)nc3sc4c(c3c2=O)CCCC4)cc1. The van der Waals surface area contributed by atoms with Gasteiger partial charge in [0.15, 0.2) is 5.16 Å². The zero-order valence-electron chi connectivity index (χ0n) is 17.7. The molecular formula is C25H23N3O2S2. The van der Waals surface area contributed by atoms with Gasteiger partial charge in [0.1, 0.15) is 10.1 Å². The Kier molecular flexibility index (Phi) is 5.61. The first-order chi connectivity index (χ1) is 15.5. The molecule has 162 valence electrons. The molecule has 2 aromatic heterocycles. The quantitative estimate of drug-likeness (QED) is 0.337. The first-order valence-electron chi connectivity index (χ1n) is 10.7. The van der Waals surface area contributed by atoms with Gasteiger partial charge in [-0.1, -0.05) is 59.8 Å². The molecule has 0 fully saturated rings. The molecule has 7 heteroatoms. The van der Waals surface area contributed by atoms with Crippen molar-refractivity contribution in [2.75, 3.05) is 0 Å². The normalized spacial score (nSPS) is 14.3. The van der Waals surface area contributed by atoms with Gasteiger partial charge in [0, 0.05) is 4.88 Å². The van der Waals surface area contributed by atoms with Crippen LogP contribution in [0.15, 0.2) is 64.5 Å². The Hall–Kier alpha value is -2.90. The lowest BCUT2D eigenvalue weighted by atomic mass is 9.97. The molecule has 32 heavy (non-hydrogen) atoms. The second-order valence-electron chi connectivity index (χ2n) is 8.07. The molecule has 2 heterocycles. The fourth-order valence-electron chi connectivity index (χ4n) is 4.21. The van der Waals surface area contributed by atoms with Gasteiger partial charge >= 0.3 is 0 Å². The average Bonchev–Trinajstić information content (AvgIpc) is 3.17. The number of aromatic nitrogens is 2. The highest BCUT2D eigenvalue weighted by Crippen LogP contribution is 2.38. The first kappa shape index (κ1) is 21.0. The number of carbonyl (C=O) groups is 1. The third-order valence-electron chi connectivity index (χ3n) is 5.83. The Labute approximate surface area is 194 Å². The molecule has 0 aliphatic heterocycles. The Morgan fingerprint density at radius 3 is 2.53 bits per heavy atom. The number of primary amides is 1. The van der Waals surface area contributed by atoms with Gasteiger partial charge in [0.2, 0.25) is 5.91 Å². The van der Waals surface area contributed by atoms with E-state index in [2.05, 4.69) is 0 Å². The zero-order chi connectivity index (χ0) is 22.2. The van der Waals surface area contributed by atoms with Crippen LogP contribution in [0.25, 0.3) is 15.9 Å². The summed E-state index contributed by atoms with van der Waals surface area (Å²) in [6.07, 6.45) is 4.15. The van der Waals surface area contributed by atoms with Crippen molar-refractivity contribution in [2.24, 2.45) is 5.73 Å². The lowest BCUT2D eigenvalue weighted by molar-refractivity contribution is -0.117. The molecule has 1 aliphatic carbocycles. The zero-order valence-corrected chi connectivity index (χ0v) is 19.3. The molecule has 0 saturated heterocycles. The van der Waals surface area contributed by atoms with E-state index in [-0.39, 0.29) is 5.56 Å². The summed E-state index contributed by atoms with van der Waals surface area (Å²) in [6, 6.07) is 17.2. The number of hydrogen-bond donors (Lipinski definition) is 1. The summed E-state index contributed by atoms with van der Waals surface area (Å²) < 4.78 is 1.65. The minimum Gasteiger partial charge on any atom is -0.368 e. The summed E-state index contributed by atoms with van der Waals surface area (Å²) in [5.41, 5.74) is 9.51. The van der Waals surface area contributed by atoms with Crippen LogP contribution in [0.1, 0.15) is 39.7 Å². The highest BCUT2D eigenvalue weighted by Gasteiger charge is 2.26. The van der Waals surface area contributed by atoms with Crippen molar-refractivity contribution in [3.63, 3.8) is 0 Å². The van der Waals surface area contributed by atoms with Crippen LogP contribution in [-0.4, -0.2) is 15.5 Å². The molecule has 0 saturated carbocycles. The molecule has 1 amide bonds. The maximum absolute atomic E-state index is 13.9. The van der Waals surface area contributed by atoms with E-state index in [1.165, 1.54) is 16.6 Å². The van der Waals surface area contributed by atoms with Gasteiger partial charge in [-0.25, -0.2) is 4.98 Å². The van der Waals surface area contributed by atoms with Crippen LogP contribution >= 0.6 is 23.1 Å². The van der Waals surface area contributed by atoms with Gasteiger partial charge in [-0.15, -0.1) is 11.3 Å². The third kappa shape index (κ3) is 3.76. The maximum Gasteiger partial charge on any atom is 0.267 e. The highest BCUT2D eigenvalue weighted by atomic mass is 32.2. The number of aryl methyl sites for hydroxylation is 3. The molecule has 0 radical (unpaired) electrons.